The molecule has 2 aromatic carbocycles. The maximum atomic E-state index is 13.0. The lowest BCUT2D eigenvalue weighted by Gasteiger charge is -2.27. The minimum absolute atomic E-state index is 0.0166. The highest BCUT2D eigenvalue weighted by Gasteiger charge is 2.34. The Kier molecular flexibility index (Phi) is 6.81. The standard InChI is InChI=1S/C23H26ClNO3S/c1-17(2)19-9-7-18(8-10-19)15-25(21-13-14-29(27,28)16-21)23(26)12-11-20-5-3-4-6-22(20)24/h3-12,17,21H,13-16H2,1-2H3. The van der Waals surface area contributed by atoms with Crippen molar-refractivity contribution in [3.63, 3.8) is 0 Å². The Labute approximate surface area is 178 Å². The van der Waals surface area contributed by atoms with Crippen LogP contribution in [-0.2, 0) is 21.2 Å². The number of rotatable bonds is 6. The third-order valence-electron chi connectivity index (χ3n) is 5.24. The van der Waals surface area contributed by atoms with Crippen LogP contribution in [0.4, 0.5) is 0 Å². The van der Waals surface area contributed by atoms with Gasteiger partial charge in [0.1, 0.15) is 0 Å². The first-order valence-electron chi connectivity index (χ1n) is 9.77. The average molecular weight is 432 g/mol. The van der Waals surface area contributed by atoms with Gasteiger partial charge < -0.3 is 4.90 Å². The highest BCUT2D eigenvalue weighted by atomic mass is 35.5. The zero-order chi connectivity index (χ0) is 21.0. The molecule has 1 heterocycles. The zero-order valence-electron chi connectivity index (χ0n) is 16.7. The van der Waals surface area contributed by atoms with Gasteiger partial charge >= 0.3 is 0 Å². The molecule has 6 heteroatoms. The molecule has 1 unspecified atom stereocenters. The van der Waals surface area contributed by atoms with Crippen molar-refractivity contribution in [3.8, 4) is 0 Å². The van der Waals surface area contributed by atoms with Gasteiger partial charge in [-0.15, -0.1) is 0 Å². The van der Waals surface area contributed by atoms with Crippen LogP contribution in [0.15, 0.2) is 54.6 Å². The van der Waals surface area contributed by atoms with E-state index in [1.165, 1.54) is 11.6 Å². The molecule has 29 heavy (non-hydrogen) atoms. The van der Waals surface area contributed by atoms with Crippen molar-refractivity contribution in [2.24, 2.45) is 0 Å². The predicted octanol–water partition coefficient (Wildman–Crippen LogP) is 4.69. The van der Waals surface area contributed by atoms with Crippen molar-refractivity contribution < 1.29 is 13.2 Å². The smallest absolute Gasteiger partial charge is 0.247 e. The molecule has 2 aromatic rings. The summed E-state index contributed by atoms with van der Waals surface area (Å²) in [4.78, 5) is 14.7. The molecule has 0 aliphatic carbocycles. The highest BCUT2D eigenvalue weighted by Crippen LogP contribution is 2.23. The highest BCUT2D eigenvalue weighted by molar-refractivity contribution is 7.91. The number of amides is 1. The van der Waals surface area contributed by atoms with Crippen molar-refractivity contribution in [1.29, 1.82) is 0 Å². The molecular weight excluding hydrogens is 406 g/mol. The summed E-state index contributed by atoms with van der Waals surface area (Å²) in [6.45, 7) is 4.64. The maximum absolute atomic E-state index is 13.0. The Bertz CT molecular complexity index is 997. The van der Waals surface area contributed by atoms with Crippen LogP contribution < -0.4 is 0 Å². The Morgan fingerprint density at radius 1 is 1.17 bits per heavy atom. The normalized spacial score (nSPS) is 18.4. The molecule has 1 aliphatic rings. The van der Waals surface area contributed by atoms with Crippen LogP contribution in [0.3, 0.4) is 0 Å². The van der Waals surface area contributed by atoms with Crippen LogP contribution >= 0.6 is 11.6 Å². The van der Waals surface area contributed by atoms with Crippen LogP contribution in [0.5, 0.6) is 0 Å². The number of benzene rings is 2. The average Bonchev–Trinajstić information content (AvgIpc) is 3.05. The molecule has 1 atom stereocenters. The van der Waals surface area contributed by atoms with Crippen LogP contribution in [-0.4, -0.2) is 36.8 Å². The summed E-state index contributed by atoms with van der Waals surface area (Å²) in [7, 11) is -3.10. The Morgan fingerprint density at radius 2 is 1.86 bits per heavy atom. The van der Waals surface area contributed by atoms with E-state index in [1.807, 2.05) is 30.3 Å². The number of halogens is 1. The largest absolute Gasteiger partial charge is 0.331 e. The van der Waals surface area contributed by atoms with Gasteiger partial charge in [-0.3, -0.25) is 4.79 Å². The summed E-state index contributed by atoms with van der Waals surface area (Å²) >= 11 is 6.17. The third kappa shape index (κ3) is 5.71. The summed E-state index contributed by atoms with van der Waals surface area (Å²) in [5.74, 6) is 0.366. The topological polar surface area (TPSA) is 54.5 Å². The van der Waals surface area contributed by atoms with Gasteiger partial charge in [-0.25, -0.2) is 8.42 Å². The molecule has 1 aliphatic heterocycles. The van der Waals surface area contributed by atoms with Crippen molar-refractivity contribution in [3.05, 3.63) is 76.3 Å². The monoisotopic (exact) mass is 431 g/mol. The van der Waals surface area contributed by atoms with E-state index in [9.17, 15) is 13.2 Å². The number of hydrogen-bond donors (Lipinski definition) is 0. The molecule has 0 aromatic heterocycles. The Balaban J connectivity index is 1.82. The van der Waals surface area contributed by atoms with Crippen molar-refractivity contribution in [1.82, 2.24) is 4.90 Å². The second kappa shape index (κ2) is 9.14. The minimum atomic E-state index is -3.10. The number of carbonyl (C=O) groups is 1. The van der Waals surface area contributed by atoms with E-state index >= 15 is 0 Å². The molecule has 0 spiro atoms. The van der Waals surface area contributed by atoms with E-state index in [2.05, 4.69) is 26.0 Å². The molecular formula is C23H26ClNO3S. The predicted molar refractivity (Wildman–Crippen MR) is 119 cm³/mol. The fraction of sp³-hybridized carbons (Fsp3) is 0.348. The molecule has 0 N–H and O–H groups in total. The van der Waals surface area contributed by atoms with E-state index in [0.29, 0.717) is 23.9 Å². The lowest BCUT2D eigenvalue weighted by molar-refractivity contribution is -0.128. The summed E-state index contributed by atoms with van der Waals surface area (Å²) in [6, 6.07) is 15.1. The lowest BCUT2D eigenvalue weighted by Crippen LogP contribution is -2.39. The van der Waals surface area contributed by atoms with Crippen LogP contribution in [0.1, 0.15) is 42.9 Å². The molecule has 0 radical (unpaired) electrons. The van der Waals surface area contributed by atoms with Gasteiger partial charge in [0.05, 0.1) is 11.5 Å². The molecule has 1 amide bonds. The fourth-order valence-electron chi connectivity index (χ4n) is 3.48. The maximum Gasteiger partial charge on any atom is 0.247 e. The first-order valence-corrected chi connectivity index (χ1v) is 12.0. The van der Waals surface area contributed by atoms with Gasteiger partial charge in [0.25, 0.3) is 0 Å². The van der Waals surface area contributed by atoms with E-state index in [4.69, 9.17) is 11.6 Å². The molecule has 3 rings (SSSR count). The first-order chi connectivity index (χ1) is 13.7. The quantitative estimate of drug-likeness (QED) is 0.623. The minimum Gasteiger partial charge on any atom is -0.331 e. The van der Waals surface area contributed by atoms with E-state index in [1.54, 1.807) is 17.0 Å². The van der Waals surface area contributed by atoms with Gasteiger partial charge in [0.15, 0.2) is 9.84 Å². The number of nitrogens with zero attached hydrogens (tertiary/aromatic N) is 1. The van der Waals surface area contributed by atoms with Crippen molar-refractivity contribution >= 4 is 33.4 Å². The van der Waals surface area contributed by atoms with Gasteiger partial charge in [-0.1, -0.05) is 67.9 Å². The van der Waals surface area contributed by atoms with Crippen molar-refractivity contribution in [2.45, 2.75) is 38.8 Å². The van der Waals surface area contributed by atoms with Crippen LogP contribution in [0, 0.1) is 0 Å². The Hall–Kier alpha value is -2.11. The molecule has 4 nitrogen and oxygen atoms in total. The summed E-state index contributed by atoms with van der Waals surface area (Å²) < 4.78 is 24.0. The fourth-order valence-corrected chi connectivity index (χ4v) is 5.41. The number of sulfone groups is 1. The summed E-state index contributed by atoms with van der Waals surface area (Å²) in [6.07, 6.45) is 3.63. The zero-order valence-corrected chi connectivity index (χ0v) is 18.3. The van der Waals surface area contributed by atoms with E-state index in [-0.39, 0.29) is 23.5 Å². The van der Waals surface area contributed by atoms with Crippen LogP contribution in [0.25, 0.3) is 6.08 Å². The summed E-state index contributed by atoms with van der Waals surface area (Å²) in [5.41, 5.74) is 2.97. The van der Waals surface area contributed by atoms with Crippen LogP contribution in [0.2, 0.25) is 5.02 Å². The number of hydrogen-bond acceptors (Lipinski definition) is 3. The van der Waals surface area contributed by atoms with E-state index in [0.717, 1.165) is 11.1 Å². The molecule has 154 valence electrons. The summed E-state index contributed by atoms with van der Waals surface area (Å²) in [5, 5.41) is 0.566. The second-order valence-corrected chi connectivity index (χ2v) is 10.4. The SMILES string of the molecule is CC(C)c1ccc(CN(C(=O)C=Cc2ccccc2Cl)C2CCS(=O)(=O)C2)cc1. The van der Waals surface area contributed by atoms with Crippen molar-refractivity contribution in [2.75, 3.05) is 11.5 Å². The molecule has 1 fully saturated rings. The second-order valence-electron chi connectivity index (χ2n) is 7.77. The molecule has 1 saturated heterocycles. The van der Waals surface area contributed by atoms with E-state index < -0.39 is 9.84 Å². The van der Waals surface area contributed by atoms with Gasteiger partial charge in [-0.2, -0.15) is 0 Å². The Morgan fingerprint density at radius 3 is 2.45 bits per heavy atom. The third-order valence-corrected chi connectivity index (χ3v) is 7.34. The van der Waals surface area contributed by atoms with Gasteiger partial charge in [0, 0.05) is 23.7 Å². The lowest BCUT2D eigenvalue weighted by atomic mass is 10.0. The molecule has 0 bridgehead atoms. The number of carbonyl (C=O) groups excluding carboxylic acids is 1. The molecule has 0 saturated carbocycles. The van der Waals surface area contributed by atoms with Gasteiger partial charge in [-0.05, 0) is 41.2 Å². The van der Waals surface area contributed by atoms with Gasteiger partial charge in [0.2, 0.25) is 5.91 Å². The first kappa shape index (κ1) is 21.6.